The third-order valence-electron chi connectivity index (χ3n) is 3.41. The van der Waals surface area contributed by atoms with Gasteiger partial charge in [-0.15, -0.1) is 0 Å². The van der Waals surface area contributed by atoms with Gasteiger partial charge in [-0.25, -0.2) is 4.98 Å². The summed E-state index contributed by atoms with van der Waals surface area (Å²) < 4.78 is 0. The first-order valence-corrected chi connectivity index (χ1v) is 7.23. The topological polar surface area (TPSA) is 45.2 Å². The van der Waals surface area contributed by atoms with Gasteiger partial charge in [-0.1, -0.05) is 6.07 Å². The molecule has 1 N–H and O–H groups in total. The number of carbonyl (C=O) groups is 1. The van der Waals surface area contributed by atoms with Crippen LogP contribution in [0, 0.1) is 6.92 Å². The highest BCUT2D eigenvalue weighted by molar-refractivity contribution is 6.03. The van der Waals surface area contributed by atoms with Crippen LogP contribution in [0.15, 0.2) is 42.6 Å². The maximum Gasteiger partial charge on any atom is 0.256 e. The zero-order valence-corrected chi connectivity index (χ0v) is 12.8. The van der Waals surface area contributed by atoms with E-state index in [1.165, 1.54) is 0 Å². The molecule has 0 aliphatic rings. The summed E-state index contributed by atoms with van der Waals surface area (Å²) in [7, 11) is 0. The Labute approximate surface area is 125 Å². The Balaban J connectivity index is 2.07. The van der Waals surface area contributed by atoms with Crippen molar-refractivity contribution in [3.8, 4) is 0 Å². The number of benzene rings is 1. The molecule has 2 aromatic rings. The van der Waals surface area contributed by atoms with Crippen molar-refractivity contribution in [3.05, 3.63) is 53.7 Å². The van der Waals surface area contributed by atoms with Crippen molar-refractivity contribution in [1.29, 1.82) is 0 Å². The van der Waals surface area contributed by atoms with Gasteiger partial charge in [0, 0.05) is 30.5 Å². The second-order valence-electron chi connectivity index (χ2n) is 4.89. The largest absolute Gasteiger partial charge is 0.372 e. The Morgan fingerprint density at radius 3 is 2.29 bits per heavy atom. The summed E-state index contributed by atoms with van der Waals surface area (Å²) in [5, 5.41) is 2.80. The van der Waals surface area contributed by atoms with E-state index in [9.17, 15) is 4.79 Å². The summed E-state index contributed by atoms with van der Waals surface area (Å²) >= 11 is 0. The van der Waals surface area contributed by atoms with Gasteiger partial charge >= 0.3 is 0 Å². The van der Waals surface area contributed by atoms with Gasteiger partial charge in [-0.05, 0) is 56.7 Å². The van der Waals surface area contributed by atoms with Gasteiger partial charge in [0.25, 0.3) is 5.91 Å². The third kappa shape index (κ3) is 3.81. The summed E-state index contributed by atoms with van der Waals surface area (Å²) in [6.45, 7) is 8.11. The van der Waals surface area contributed by atoms with E-state index in [1.807, 2.05) is 37.3 Å². The standard InChI is InChI=1S/C17H21N3O/c1-4-20(5-2)15-9-7-14(8-10-15)17(21)19-16-11-6-13(3)12-18-16/h6-12H,4-5H2,1-3H3,(H,18,19,21). The Hall–Kier alpha value is -2.36. The number of anilines is 2. The van der Waals surface area contributed by atoms with Crippen LogP contribution in [-0.4, -0.2) is 24.0 Å². The van der Waals surface area contributed by atoms with Crippen molar-refractivity contribution >= 4 is 17.4 Å². The van der Waals surface area contributed by atoms with Crippen LogP contribution in [0.2, 0.25) is 0 Å². The summed E-state index contributed by atoms with van der Waals surface area (Å²) in [5.74, 6) is 0.427. The first-order valence-electron chi connectivity index (χ1n) is 7.23. The number of rotatable bonds is 5. The number of hydrogen-bond donors (Lipinski definition) is 1. The lowest BCUT2D eigenvalue weighted by atomic mass is 10.2. The molecule has 1 heterocycles. The predicted molar refractivity (Wildman–Crippen MR) is 86.9 cm³/mol. The van der Waals surface area contributed by atoms with Gasteiger partial charge in [0.2, 0.25) is 0 Å². The quantitative estimate of drug-likeness (QED) is 0.913. The van der Waals surface area contributed by atoms with Gasteiger partial charge in [0.1, 0.15) is 5.82 Å². The minimum Gasteiger partial charge on any atom is -0.372 e. The molecule has 0 saturated carbocycles. The van der Waals surface area contributed by atoms with Crippen molar-refractivity contribution < 1.29 is 4.79 Å². The first-order chi connectivity index (χ1) is 10.1. The van der Waals surface area contributed by atoms with Crippen molar-refractivity contribution in [2.75, 3.05) is 23.3 Å². The van der Waals surface area contributed by atoms with E-state index >= 15 is 0 Å². The van der Waals surface area contributed by atoms with E-state index < -0.39 is 0 Å². The zero-order valence-electron chi connectivity index (χ0n) is 12.8. The third-order valence-corrected chi connectivity index (χ3v) is 3.41. The molecule has 1 amide bonds. The molecule has 0 aliphatic carbocycles. The highest BCUT2D eigenvalue weighted by Crippen LogP contribution is 2.15. The number of nitrogens with zero attached hydrogens (tertiary/aromatic N) is 2. The number of pyridine rings is 1. The molecule has 4 nitrogen and oxygen atoms in total. The number of hydrogen-bond acceptors (Lipinski definition) is 3. The SMILES string of the molecule is CCN(CC)c1ccc(C(=O)Nc2ccc(C)cn2)cc1. The Kier molecular flexibility index (Phi) is 4.93. The lowest BCUT2D eigenvalue weighted by molar-refractivity contribution is 0.102. The molecule has 4 heteroatoms. The van der Waals surface area contributed by atoms with E-state index in [2.05, 4.69) is 29.0 Å². The molecule has 1 aromatic heterocycles. The highest BCUT2D eigenvalue weighted by atomic mass is 16.1. The molecule has 0 fully saturated rings. The van der Waals surface area contributed by atoms with Gasteiger partial charge in [-0.3, -0.25) is 4.79 Å². The maximum atomic E-state index is 12.2. The van der Waals surface area contributed by atoms with Gasteiger partial charge in [-0.2, -0.15) is 0 Å². The van der Waals surface area contributed by atoms with Crippen LogP contribution in [-0.2, 0) is 0 Å². The lowest BCUT2D eigenvalue weighted by Crippen LogP contribution is -2.21. The molecule has 0 bridgehead atoms. The van der Waals surface area contributed by atoms with Crippen LogP contribution >= 0.6 is 0 Å². The van der Waals surface area contributed by atoms with Crippen LogP contribution in [0.1, 0.15) is 29.8 Å². The molecule has 0 atom stereocenters. The molecule has 1 aromatic carbocycles. The molecular weight excluding hydrogens is 262 g/mol. The molecule has 0 aliphatic heterocycles. The second-order valence-corrected chi connectivity index (χ2v) is 4.89. The average Bonchev–Trinajstić information content (AvgIpc) is 2.51. The molecule has 21 heavy (non-hydrogen) atoms. The van der Waals surface area contributed by atoms with Gasteiger partial charge < -0.3 is 10.2 Å². The molecular formula is C17H21N3O. The van der Waals surface area contributed by atoms with Gasteiger partial charge in [0.15, 0.2) is 0 Å². The number of amides is 1. The monoisotopic (exact) mass is 283 g/mol. The van der Waals surface area contributed by atoms with Crippen LogP contribution in [0.4, 0.5) is 11.5 Å². The lowest BCUT2D eigenvalue weighted by Gasteiger charge is -2.21. The molecule has 0 spiro atoms. The van der Waals surface area contributed by atoms with E-state index in [0.29, 0.717) is 11.4 Å². The molecule has 0 unspecified atom stereocenters. The number of aromatic nitrogens is 1. The van der Waals surface area contributed by atoms with Crippen LogP contribution < -0.4 is 10.2 Å². The second kappa shape index (κ2) is 6.88. The normalized spacial score (nSPS) is 10.2. The van der Waals surface area contributed by atoms with Crippen molar-refractivity contribution in [1.82, 2.24) is 4.98 Å². The Morgan fingerprint density at radius 2 is 1.76 bits per heavy atom. The average molecular weight is 283 g/mol. The Bertz CT molecular complexity index is 586. The number of aryl methyl sites for hydroxylation is 1. The van der Waals surface area contributed by atoms with E-state index in [1.54, 1.807) is 12.3 Å². The Morgan fingerprint density at radius 1 is 1.10 bits per heavy atom. The van der Waals surface area contributed by atoms with E-state index in [4.69, 9.17) is 0 Å². The first kappa shape index (κ1) is 15.0. The van der Waals surface area contributed by atoms with Crippen molar-refractivity contribution in [2.45, 2.75) is 20.8 Å². The summed E-state index contributed by atoms with van der Waals surface area (Å²) in [5.41, 5.74) is 2.83. The zero-order chi connectivity index (χ0) is 15.2. The number of carbonyl (C=O) groups excluding carboxylic acids is 1. The van der Waals surface area contributed by atoms with E-state index in [-0.39, 0.29) is 5.91 Å². The minimum atomic E-state index is -0.141. The summed E-state index contributed by atoms with van der Waals surface area (Å²) in [6.07, 6.45) is 1.74. The summed E-state index contributed by atoms with van der Waals surface area (Å²) in [6, 6.07) is 11.4. The van der Waals surface area contributed by atoms with E-state index in [0.717, 1.165) is 24.3 Å². The fraction of sp³-hybridized carbons (Fsp3) is 0.294. The van der Waals surface area contributed by atoms with Gasteiger partial charge in [0.05, 0.1) is 0 Å². The van der Waals surface area contributed by atoms with Crippen LogP contribution in [0.3, 0.4) is 0 Å². The smallest absolute Gasteiger partial charge is 0.256 e. The fourth-order valence-corrected chi connectivity index (χ4v) is 2.14. The fourth-order valence-electron chi connectivity index (χ4n) is 2.14. The van der Waals surface area contributed by atoms with Crippen LogP contribution in [0.25, 0.3) is 0 Å². The molecule has 0 saturated heterocycles. The molecule has 110 valence electrons. The predicted octanol–water partition coefficient (Wildman–Crippen LogP) is 3.49. The number of nitrogens with one attached hydrogen (secondary N) is 1. The summed E-state index contributed by atoms with van der Waals surface area (Å²) in [4.78, 5) is 18.6. The highest BCUT2D eigenvalue weighted by Gasteiger charge is 2.08. The minimum absolute atomic E-state index is 0.141. The van der Waals surface area contributed by atoms with Crippen LogP contribution in [0.5, 0.6) is 0 Å². The molecule has 2 rings (SSSR count). The molecule has 0 radical (unpaired) electrons. The maximum absolute atomic E-state index is 12.2. The van der Waals surface area contributed by atoms with Crippen molar-refractivity contribution in [2.24, 2.45) is 0 Å². The van der Waals surface area contributed by atoms with Crippen molar-refractivity contribution in [3.63, 3.8) is 0 Å².